The molecule has 0 aromatic heterocycles. The number of nitrogens with one attached hydrogen (secondary N) is 1. The van der Waals surface area contributed by atoms with Gasteiger partial charge in [-0.1, -0.05) is 29.3 Å². The van der Waals surface area contributed by atoms with E-state index in [4.69, 9.17) is 32.7 Å². The van der Waals surface area contributed by atoms with Gasteiger partial charge in [0.1, 0.15) is 11.5 Å². The normalized spacial score (nSPS) is 10.2. The first-order valence-electron chi connectivity index (χ1n) is 6.49. The van der Waals surface area contributed by atoms with Crippen LogP contribution in [0.5, 0.6) is 11.5 Å². The van der Waals surface area contributed by atoms with Gasteiger partial charge >= 0.3 is 0 Å². The van der Waals surface area contributed by atoms with Crippen LogP contribution in [-0.2, 0) is 11.2 Å². The number of anilines is 1. The summed E-state index contributed by atoms with van der Waals surface area (Å²) in [5.74, 6) is 0.946. The first kappa shape index (κ1) is 16.5. The van der Waals surface area contributed by atoms with Crippen molar-refractivity contribution in [1.29, 1.82) is 0 Å². The van der Waals surface area contributed by atoms with Crippen LogP contribution < -0.4 is 14.8 Å². The first-order valence-corrected chi connectivity index (χ1v) is 7.25. The number of carbonyl (C=O) groups is 1. The van der Waals surface area contributed by atoms with Crippen LogP contribution in [0.4, 0.5) is 5.69 Å². The summed E-state index contributed by atoms with van der Waals surface area (Å²) >= 11 is 12.1. The van der Waals surface area contributed by atoms with Crippen LogP contribution in [0, 0.1) is 0 Å². The second kappa shape index (κ2) is 7.38. The highest BCUT2D eigenvalue weighted by Gasteiger charge is 2.12. The molecular formula is C16H15Cl2NO3. The van der Waals surface area contributed by atoms with Gasteiger partial charge in [-0.3, -0.25) is 4.79 Å². The lowest BCUT2D eigenvalue weighted by atomic mass is 10.1. The fourth-order valence-corrected chi connectivity index (χ4v) is 2.48. The van der Waals surface area contributed by atoms with Crippen molar-refractivity contribution >= 4 is 34.8 Å². The molecule has 116 valence electrons. The number of benzene rings is 2. The van der Waals surface area contributed by atoms with Crippen molar-refractivity contribution in [3.63, 3.8) is 0 Å². The van der Waals surface area contributed by atoms with Crippen molar-refractivity contribution in [3.8, 4) is 11.5 Å². The maximum atomic E-state index is 12.2. The fourth-order valence-electron chi connectivity index (χ4n) is 1.95. The molecule has 0 saturated heterocycles. The van der Waals surface area contributed by atoms with E-state index in [-0.39, 0.29) is 12.3 Å². The molecule has 0 aliphatic heterocycles. The molecule has 2 aromatic carbocycles. The Morgan fingerprint density at radius 2 is 1.59 bits per heavy atom. The van der Waals surface area contributed by atoms with Gasteiger partial charge in [0.2, 0.25) is 5.91 Å². The number of amides is 1. The van der Waals surface area contributed by atoms with E-state index in [1.165, 1.54) is 0 Å². The number of hydrogen-bond acceptors (Lipinski definition) is 3. The third-order valence-corrected chi connectivity index (χ3v) is 3.74. The van der Waals surface area contributed by atoms with Gasteiger partial charge in [0, 0.05) is 33.9 Å². The Balaban J connectivity index is 2.15. The molecule has 0 heterocycles. The Kier molecular flexibility index (Phi) is 5.52. The minimum atomic E-state index is -0.231. The quantitative estimate of drug-likeness (QED) is 0.888. The van der Waals surface area contributed by atoms with Gasteiger partial charge in [-0.2, -0.15) is 0 Å². The third kappa shape index (κ3) is 4.06. The average molecular weight is 340 g/mol. The molecule has 6 heteroatoms. The van der Waals surface area contributed by atoms with E-state index in [1.807, 2.05) is 0 Å². The molecule has 22 heavy (non-hydrogen) atoms. The lowest BCUT2D eigenvalue weighted by Crippen LogP contribution is -2.15. The Bertz CT molecular complexity index is 647. The highest BCUT2D eigenvalue weighted by atomic mass is 35.5. The summed E-state index contributed by atoms with van der Waals surface area (Å²) in [6, 6.07) is 10.3. The third-order valence-electron chi connectivity index (χ3n) is 3.03. The standard InChI is InChI=1S/C16H15Cl2NO3/c1-21-11-6-10(7-12(8-11)22-2)19-16(20)9-13-14(17)4-3-5-15(13)18/h3-8H,9H2,1-2H3,(H,19,20). The van der Waals surface area contributed by atoms with Gasteiger partial charge in [-0.25, -0.2) is 0 Å². The highest BCUT2D eigenvalue weighted by Crippen LogP contribution is 2.27. The molecule has 0 spiro atoms. The number of methoxy groups -OCH3 is 2. The van der Waals surface area contributed by atoms with E-state index < -0.39 is 0 Å². The Morgan fingerprint density at radius 3 is 2.09 bits per heavy atom. The van der Waals surface area contributed by atoms with Crippen LogP contribution >= 0.6 is 23.2 Å². The van der Waals surface area contributed by atoms with E-state index in [9.17, 15) is 4.79 Å². The second-order valence-corrected chi connectivity index (χ2v) is 5.34. The molecule has 0 radical (unpaired) electrons. The number of carbonyl (C=O) groups excluding carboxylic acids is 1. The van der Waals surface area contributed by atoms with Crippen LogP contribution in [0.25, 0.3) is 0 Å². The van der Waals surface area contributed by atoms with Gasteiger partial charge in [-0.15, -0.1) is 0 Å². The molecule has 4 nitrogen and oxygen atoms in total. The molecule has 0 atom stereocenters. The molecule has 0 fully saturated rings. The van der Waals surface area contributed by atoms with Crippen LogP contribution in [-0.4, -0.2) is 20.1 Å². The molecule has 0 bridgehead atoms. The highest BCUT2D eigenvalue weighted by molar-refractivity contribution is 6.36. The Morgan fingerprint density at radius 1 is 1.05 bits per heavy atom. The summed E-state index contributed by atoms with van der Waals surface area (Å²) in [7, 11) is 3.09. The minimum absolute atomic E-state index is 0.0814. The van der Waals surface area contributed by atoms with E-state index in [0.717, 1.165) is 0 Å². The van der Waals surface area contributed by atoms with Gasteiger partial charge < -0.3 is 14.8 Å². The number of rotatable bonds is 5. The zero-order valence-corrected chi connectivity index (χ0v) is 13.7. The fraction of sp³-hybridized carbons (Fsp3) is 0.188. The lowest BCUT2D eigenvalue weighted by molar-refractivity contribution is -0.115. The van der Waals surface area contributed by atoms with Crippen molar-refractivity contribution in [2.24, 2.45) is 0 Å². The SMILES string of the molecule is COc1cc(NC(=O)Cc2c(Cl)cccc2Cl)cc(OC)c1. The summed E-state index contributed by atoms with van der Waals surface area (Å²) in [6.45, 7) is 0. The zero-order chi connectivity index (χ0) is 16.1. The monoisotopic (exact) mass is 339 g/mol. The van der Waals surface area contributed by atoms with Crippen molar-refractivity contribution < 1.29 is 14.3 Å². The molecule has 0 unspecified atom stereocenters. The van der Waals surface area contributed by atoms with E-state index >= 15 is 0 Å². The molecule has 2 aromatic rings. The zero-order valence-electron chi connectivity index (χ0n) is 12.2. The van der Waals surface area contributed by atoms with Crippen molar-refractivity contribution in [2.75, 3.05) is 19.5 Å². The predicted molar refractivity (Wildman–Crippen MR) is 88.3 cm³/mol. The molecule has 1 amide bonds. The first-order chi connectivity index (χ1) is 10.5. The van der Waals surface area contributed by atoms with Crippen LogP contribution in [0.15, 0.2) is 36.4 Å². The van der Waals surface area contributed by atoms with Crippen molar-refractivity contribution in [2.45, 2.75) is 6.42 Å². The number of halogens is 2. The van der Waals surface area contributed by atoms with Crippen LogP contribution in [0.2, 0.25) is 10.0 Å². The van der Waals surface area contributed by atoms with Gasteiger partial charge in [0.25, 0.3) is 0 Å². The second-order valence-electron chi connectivity index (χ2n) is 4.53. The summed E-state index contributed by atoms with van der Waals surface area (Å²) in [4.78, 5) is 12.2. The van der Waals surface area contributed by atoms with Gasteiger partial charge in [0.15, 0.2) is 0 Å². The molecule has 2 rings (SSSR count). The van der Waals surface area contributed by atoms with Gasteiger partial charge in [-0.05, 0) is 17.7 Å². The maximum Gasteiger partial charge on any atom is 0.228 e. The van der Waals surface area contributed by atoms with Crippen molar-refractivity contribution in [3.05, 3.63) is 52.0 Å². The summed E-state index contributed by atoms with van der Waals surface area (Å²) in [6.07, 6.45) is 0.0814. The van der Waals surface area contributed by atoms with Crippen LogP contribution in [0.3, 0.4) is 0 Å². The summed E-state index contributed by atoms with van der Waals surface area (Å²) in [5.41, 5.74) is 1.17. The van der Waals surface area contributed by atoms with Crippen molar-refractivity contribution in [1.82, 2.24) is 0 Å². The van der Waals surface area contributed by atoms with Crippen LogP contribution in [0.1, 0.15) is 5.56 Å². The van der Waals surface area contributed by atoms with E-state index in [2.05, 4.69) is 5.32 Å². The maximum absolute atomic E-state index is 12.2. The molecule has 1 N–H and O–H groups in total. The molecular weight excluding hydrogens is 325 g/mol. The number of ether oxygens (including phenoxy) is 2. The summed E-state index contributed by atoms with van der Waals surface area (Å²) in [5, 5.41) is 3.71. The Hall–Kier alpha value is -1.91. The largest absolute Gasteiger partial charge is 0.497 e. The summed E-state index contributed by atoms with van der Waals surface area (Å²) < 4.78 is 10.3. The number of hydrogen-bond donors (Lipinski definition) is 1. The predicted octanol–water partition coefficient (Wildman–Crippen LogP) is 4.19. The Labute approximate surface area is 138 Å². The van der Waals surface area contributed by atoms with E-state index in [0.29, 0.717) is 32.8 Å². The van der Waals surface area contributed by atoms with E-state index in [1.54, 1.807) is 50.6 Å². The minimum Gasteiger partial charge on any atom is -0.497 e. The lowest BCUT2D eigenvalue weighted by Gasteiger charge is -2.11. The average Bonchev–Trinajstić information content (AvgIpc) is 2.50. The molecule has 0 aliphatic carbocycles. The van der Waals surface area contributed by atoms with Gasteiger partial charge in [0.05, 0.1) is 20.6 Å². The smallest absolute Gasteiger partial charge is 0.228 e. The topological polar surface area (TPSA) is 47.6 Å². The molecule has 0 aliphatic rings. The molecule has 0 saturated carbocycles.